The highest BCUT2D eigenvalue weighted by molar-refractivity contribution is 6.30. The van der Waals surface area contributed by atoms with Gasteiger partial charge in [-0.05, 0) is 54.0 Å². The van der Waals surface area contributed by atoms with Crippen molar-refractivity contribution in [2.75, 3.05) is 13.7 Å². The Morgan fingerprint density at radius 1 is 1.07 bits per heavy atom. The van der Waals surface area contributed by atoms with Gasteiger partial charge in [0.1, 0.15) is 11.4 Å². The van der Waals surface area contributed by atoms with E-state index in [9.17, 15) is 9.59 Å². The van der Waals surface area contributed by atoms with E-state index in [2.05, 4.69) is 10.6 Å². The van der Waals surface area contributed by atoms with Crippen molar-refractivity contribution in [1.82, 2.24) is 10.6 Å². The predicted octanol–water partition coefficient (Wildman–Crippen LogP) is 3.89. The Bertz CT molecular complexity index is 812. The predicted molar refractivity (Wildman–Crippen MR) is 108 cm³/mol. The van der Waals surface area contributed by atoms with Gasteiger partial charge < -0.3 is 15.4 Å². The number of methoxy groups -OCH3 is 1. The van der Waals surface area contributed by atoms with Gasteiger partial charge in [0.25, 0.3) is 11.8 Å². The van der Waals surface area contributed by atoms with Crippen LogP contribution in [-0.2, 0) is 4.79 Å². The van der Waals surface area contributed by atoms with E-state index in [0.29, 0.717) is 28.8 Å². The third-order valence-corrected chi connectivity index (χ3v) is 3.95. The van der Waals surface area contributed by atoms with Crippen molar-refractivity contribution in [3.8, 4) is 5.75 Å². The molecule has 2 aromatic rings. The Balaban J connectivity index is 2.23. The van der Waals surface area contributed by atoms with E-state index in [1.807, 2.05) is 13.8 Å². The molecule has 0 aliphatic carbocycles. The van der Waals surface area contributed by atoms with E-state index in [1.54, 1.807) is 61.7 Å². The SMILES string of the molecule is COc1ccc(C(=O)N/C(=C\c2ccc(Cl)cc2)C(=O)NCC(C)C)cc1. The summed E-state index contributed by atoms with van der Waals surface area (Å²) in [5.41, 5.74) is 1.34. The van der Waals surface area contributed by atoms with Crippen LogP contribution in [0.3, 0.4) is 0 Å². The molecule has 2 aromatic carbocycles. The summed E-state index contributed by atoms with van der Waals surface area (Å²) in [6.45, 7) is 4.51. The molecule has 0 atom stereocenters. The summed E-state index contributed by atoms with van der Waals surface area (Å²) in [7, 11) is 1.56. The van der Waals surface area contributed by atoms with Crippen LogP contribution in [0.1, 0.15) is 29.8 Å². The molecule has 27 heavy (non-hydrogen) atoms. The van der Waals surface area contributed by atoms with Gasteiger partial charge in [0.15, 0.2) is 0 Å². The lowest BCUT2D eigenvalue weighted by molar-refractivity contribution is -0.117. The molecule has 0 radical (unpaired) electrons. The molecule has 0 aliphatic rings. The highest BCUT2D eigenvalue weighted by Crippen LogP contribution is 2.14. The summed E-state index contributed by atoms with van der Waals surface area (Å²) in [5, 5.41) is 6.11. The van der Waals surface area contributed by atoms with Crippen LogP contribution in [0.25, 0.3) is 6.08 Å². The normalized spacial score (nSPS) is 11.2. The summed E-state index contributed by atoms with van der Waals surface area (Å²) in [6, 6.07) is 13.7. The van der Waals surface area contributed by atoms with E-state index in [0.717, 1.165) is 5.56 Å². The van der Waals surface area contributed by atoms with Crippen molar-refractivity contribution >= 4 is 29.5 Å². The first-order chi connectivity index (χ1) is 12.9. The van der Waals surface area contributed by atoms with Crippen LogP contribution in [0.4, 0.5) is 0 Å². The van der Waals surface area contributed by atoms with E-state index >= 15 is 0 Å². The fraction of sp³-hybridized carbons (Fsp3) is 0.238. The maximum absolute atomic E-state index is 12.5. The van der Waals surface area contributed by atoms with Crippen LogP contribution in [-0.4, -0.2) is 25.5 Å². The van der Waals surface area contributed by atoms with Gasteiger partial charge in [-0.2, -0.15) is 0 Å². The van der Waals surface area contributed by atoms with E-state index < -0.39 is 0 Å². The van der Waals surface area contributed by atoms with E-state index in [1.165, 1.54) is 0 Å². The Labute approximate surface area is 164 Å². The van der Waals surface area contributed by atoms with Crippen molar-refractivity contribution in [2.45, 2.75) is 13.8 Å². The number of carbonyl (C=O) groups is 2. The maximum atomic E-state index is 12.5. The highest BCUT2D eigenvalue weighted by atomic mass is 35.5. The third kappa shape index (κ3) is 6.46. The minimum Gasteiger partial charge on any atom is -0.497 e. The van der Waals surface area contributed by atoms with E-state index in [-0.39, 0.29) is 17.5 Å². The molecule has 0 bridgehead atoms. The van der Waals surface area contributed by atoms with Crippen LogP contribution in [0.2, 0.25) is 5.02 Å². The summed E-state index contributed by atoms with van der Waals surface area (Å²) in [6.07, 6.45) is 1.62. The van der Waals surface area contributed by atoms with Crippen molar-refractivity contribution in [2.24, 2.45) is 5.92 Å². The number of ether oxygens (including phenoxy) is 1. The zero-order valence-corrected chi connectivity index (χ0v) is 16.3. The molecule has 5 nitrogen and oxygen atoms in total. The first-order valence-electron chi connectivity index (χ1n) is 8.60. The lowest BCUT2D eigenvalue weighted by Gasteiger charge is -2.13. The van der Waals surface area contributed by atoms with Crippen LogP contribution in [0.5, 0.6) is 5.75 Å². The zero-order valence-electron chi connectivity index (χ0n) is 15.6. The molecule has 0 aromatic heterocycles. The molecule has 0 aliphatic heterocycles. The maximum Gasteiger partial charge on any atom is 0.267 e. The molecular formula is C21H23ClN2O3. The number of halogens is 1. The fourth-order valence-electron chi connectivity index (χ4n) is 2.21. The minimum atomic E-state index is -0.377. The number of amides is 2. The Morgan fingerprint density at radius 2 is 1.70 bits per heavy atom. The lowest BCUT2D eigenvalue weighted by Crippen LogP contribution is -2.36. The molecule has 2 N–H and O–H groups in total. The summed E-state index contributed by atoms with van der Waals surface area (Å²) in [4.78, 5) is 25.1. The molecule has 2 amide bonds. The second-order valence-electron chi connectivity index (χ2n) is 6.40. The Morgan fingerprint density at radius 3 is 2.26 bits per heavy atom. The highest BCUT2D eigenvalue weighted by Gasteiger charge is 2.15. The molecule has 0 heterocycles. The zero-order chi connectivity index (χ0) is 19.8. The number of benzene rings is 2. The second-order valence-corrected chi connectivity index (χ2v) is 6.83. The number of rotatable bonds is 7. The van der Waals surface area contributed by atoms with Gasteiger partial charge in [-0.25, -0.2) is 0 Å². The fourth-order valence-corrected chi connectivity index (χ4v) is 2.34. The minimum absolute atomic E-state index is 0.166. The van der Waals surface area contributed by atoms with Gasteiger partial charge >= 0.3 is 0 Å². The number of nitrogens with one attached hydrogen (secondary N) is 2. The molecular weight excluding hydrogens is 364 g/mol. The van der Waals surface area contributed by atoms with Gasteiger partial charge in [-0.15, -0.1) is 0 Å². The number of carbonyl (C=O) groups excluding carboxylic acids is 2. The topological polar surface area (TPSA) is 67.4 Å². The quantitative estimate of drug-likeness (QED) is 0.709. The van der Waals surface area contributed by atoms with Gasteiger partial charge in [0, 0.05) is 17.1 Å². The largest absolute Gasteiger partial charge is 0.497 e. The van der Waals surface area contributed by atoms with E-state index in [4.69, 9.17) is 16.3 Å². The number of hydrogen-bond donors (Lipinski definition) is 2. The van der Waals surface area contributed by atoms with Crippen LogP contribution in [0.15, 0.2) is 54.2 Å². The van der Waals surface area contributed by atoms with Gasteiger partial charge in [-0.1, -0.05) is 37.6 Å². The molecule has 0 saturated heterocycles. The standard InChI is InChI=1S/C21H23ClN2O3/c1-14(2)13-23-21(26)19(12-15-4-8-17(22)9-5-15)24-20(25)16-6-10-18(27-3)11-7-16/h4-12,14H,13H2,1-3H3,(H,23,26)(H,24,25)/b19-12-. The van der Waals surface area contributed by atoms with Crippen molar-refractivity contribution in [3.05, 3.63) is 70.4 Å². The van der Waals surface area contributed by atoms with Gasteiger partial charge in [0.05, 0.1) is 7.11 Å². The molecule has 0 spiro atoms. The van der Waals surface area contributed by atoms with Gasteiger partial charge in [-0.3, -0.25) is 9.59 Å². The van der Waals surface area contributed by atoms with Crippen LogP contribution >= 0.6 is 11.6 Å². The first kappa shape index (κ1) is 20.5. The average Bonchev–Trinajstić information content (AvgIpc) is 2.67. The smallest absolute Gasteiger partial charge is 0.267 e. The second kappa shape index (κ2) is 9.78. The molecule has 6 heteroatoms. The summed E-state index contributed by atoms with van der Waals surface area (Å²) >= 11 is 5.90. The summed E-state index contributed by atoms with van der Waals surface area (Å²) < 4.78 is 5.09. The van der Waals surface area contributed by atoms with Gasteiger partial charge in [0.2, 0.25) is 0 Å². The molecule has 142 valence electrons. The Hall–Kier alpha value is -2.79. The first-order valence-corrected chi connectivity index (χ1v) is 8.97. The van der Waals surface area contributed by atoms with Crippen LogP contribution < -0.4 is 15.4 Å². The summed E-state index contributed by atoms with van der Waals surface area (Å²) in [5.74, 6) is 0.222. The average molecular weight is 387 g/mol. The third-order valence-electron chi connectivity index (χ3n) is 3.70. The van der Waals surface area contributed by atoms with Crippen molar-refractivity contribution in [3.63, 3.8) is 0 Å². The van der Waals surface area contributed by atoms with Crippen molar-refractivity contribution < 1.29 is 14.3 Å². The lowest BCUT2D eigenvalue weighted by atomic mass is 10.1. The van der Waals surface area contributed by atoms with Crippen LogP contribution in [0, 0.1) is 5.92 Å². The van der Waals surface area contributed by atoms with Crippen molar-refractivity contribution in [1.29, 1.82) is 0 Å². The monoisotopic (exact) mass is 386 g/mol. The molecule has 0 saturated carbocycles. The number of hydrogen-bond acceptors (Lipinski definition) is 3. The molecule has 0 unspecified atom stereocenters. The Kier molecular flexibility index (Phi) is 7.44. The molecule has 2 rings (SSSR count). The molecule has 0 fully saturated rings.